The Hall–Kier alpha value is -2.24. The number of carbonyl (C=O) groups excluding carboxylic acids is 2. The van der Waals surface area contributed by atoms with Gasteiger partial charge in [0.05, 0.1) is 11.6 Å². The predicted molar refractivity (Wildman–Crippen MR) is 113 cm³/mol. The Labute approximate surface area is 177 Å². The summed E-state index contributed by atoms with van der Waals surface area (Å²) in [6, 6.07) is 5.90. The minimum absolute atomic E-state index is 0.0771. The van der Waals surface area contributed by atoms with Crippen LogP contribution in [0.15, 0.2) is 35.6 Å². The summed E-state index contributed by atoms with van der Waals surface area (Å²) in [6.45, 7) is 6.21. The van der Waals surface area contributed by atoms with Gasteiger partial charge in [-0.1, -0.05) is 52.2 Å². The summed E-state index contributed by atoms with van der Waals surface area (Å²) in [7, 11) is 0. The average Bonchev–Trinajstić information content (AvgIpc) is 2.92. The molecule has 4 nitrogen and oxygen atoms in total. The molecule has 1 unspecified atom stereocenters. The van der Waals surface area contributed by atoms with Gasteiger partial charge in [-0.3, -0.25) is 14.5 Å². The van der Waals surface area contributed by atoms with Crippen LogP contribution in [0.1, 0.15) is 65.4 Å². The number of carbonyl (C=O) groups is 2. The third kappa shape index (κ3) is 4.57. The second-order valence-electron chi connectivity index (χ2n) is 9.77. The normalized spacial score (nSPS) is 21.5. The van der Waals surface area contributed by atoms with Gasteiger partial charge in [-0.2, -0.15) is 0 Å². The number of benzene rings is 1. The zero-order chi connectivity index (χ0) is 22.3. The van der Waals surface area contributed by atoms with Crippen molar-refractivity contribution in [3.8, 4) is 0 Å². The molecule has 1 amide bonds. The minimum Gasteiger partial charge on any atom is -0.503 e. The van der Waals surface area contributed by atoms with Crippen molar-refractivity contribution in [3.05, 3.63) is 41.2 Å². The number of anilines is 1. The van der Waals surface area contributed by atoms with Gasteiger partial charge in [0.25, 0.3) is 5.91 Å². The number of aliphatic hydroxyl groups is 1. The molecule has 1 aliphatic heterocycles. The van der Waals surface area contributed by atoms with E-state index in [-0.39, 0.29) is 23.7 Å². The Morgan fingerprint density at radius 2 is 1.63 bits per heavy atom. The third-order valence-electron chi connectivity index (χ3n) is 6.00. The minimum atomic E-state index is -2.82. The molecule has 1 atom stereocenters. The van der Waals surface area contributed by atoms with Gasteiger partial charge < -0.3 is 5.11 Å². The van der Waals surface area contributed by atoms with E-state index in [1.165, 1.54) is 4.90 Å². The van der Waals surface area contributed by atoms with Gasteiger partial charge in [0.2, 0.25) is 5.92 Å². The van der Waals surface area contributed by atoms with E-state index in [9.17, 15) is 23.5 Å². The summed E-state index contributed by atoms with van der Waals surface area (Å²) >= 11 is 0. The molecule has 1 aromatic rings. The summed E-state index contributed by atoms with van der Waals surface area (Å²) in [5, 5.41) is 10.7. The lowest BCUT2D eigenvalue weighted by atomic mass is 9.76. The van der Waals surface area contributed by atoms with E-state index >= 15 is 0 Å². The van der Waals surface area contributed by atoms with Crippen molar-refractivity contribution in [1.29, 1.82) is 0 Å². The summed E-state index contributed by atoms with van der Waals surface area (Å²) in [6.07, 6.45) is 4.53. The lowest BCUT2D eigenvalue weighted by molar-refractivity contribution is -0.123. The van der Waals surface area contributed by atoms with Crippen molar-refractivity contribution in [2.24, 2.45) is 11.3 Å². The van der Waals surface area contributed by atoms with Crippen molar-refractivity contribution in [2.75, 3.05) is 4.90 Å². The van der Waals surface area contributed by atoms with Crippen LogP contribution in [0, 0.1) is 11.3 Å². The lowest BCUT2D eigenvalue weighted by Gasteiger charge is -2.36. The molecule has 1 aromatic carbocycles. The van der Waals surface area contributed by atoms with Crippen LogP contribution < -0.4 is 4.90 Å². The van der Waals surface area contributed by atoms with Gasteiger partial charge in [0, 0.05) is 17.5 Å². The Kier molecular flexibility index (Phi) is 6.08. The molecule has 30 heavy (non-hydrogen) atoms. The molecule has 3 rings (SSSR count). The van der Waals surface area contributed by atoms with E-state index < -0.39 is 29.0 Å². The highest BCUT2D eigenvalue weighted by Crippen LogP contribution is 2.42. The number of amides is 1. The average molecular weight is 420 g/mol. The maximum absolute atomic E-state index is 13.3. The van der Waals surface area contributed by atoms with Crippen LogP contribution in [0.25, 0.3) is 0 Å². The summed E-state index contributed by atoms with van der Waals surface area (Å²) < 4.78 is 26.7. The van der Waals surface area contributed by atoms with Gasteiger partial charge in [-0.05, 0) is 43.4 Å². The molecule has 2 aliphatic rings. The van der Waals surface area contributed by atoms with Crippen molar-refractivity contribution in [3.63, 3.8) is 0 Å². The number of aliphatic hydroxyl groups excluding tert-OH is 1. The Morgan fingerprint density at radius 3 is 2.13 bits per heavy atom. The molecule has 1 fully saturated rings. The van der Waals surface area contributed by atoms with Crippen molar-refractivity contribution >= 4 is 17.4 Å². The summed E-state index contributed by atoms with van der Waals surface area (Å²) in [5.74, 6) is -4.04. The topological polar surface area (TPSA) is 57.6 Å². The number of ketones is 1. The highest BCUT2D eigenvalue weighted by molar-refractivity contribution is 6.17. The summed E-state index contributed by atoms with van der Waals surface area (Å²) in [5.41, 5.74) is 0.448. The fourth-order valence-corrected chi connectivity index (χ4v) is 4.58. The van der Waals surface area contributed by atoms with E-state index in [1.54, 1.807) is 45.0 Å². The molecule has 1 saturated carbocycles. The van der Waals surface area contributed by atoms with Crippen LogP contribution in [0.2, 0.25) is 0 Å². The maximum Gasteiger partial charge on any atom is 0.294 e. The van der Waals surface area contributed by atoms with E-state index in [0.717, 1.165) is 39.0 Å². The second kappa shape index (κ2) is 8.12. The largest absolute Gasteiger partial charge is 0.503 e. The predicted octanol–water partition coefficient (Wildman–Crippen LogP) is 5.61. The SMILES string of the molecule is CC(F)(F)Cc1ccc(N2C(=O)C(O)=C(C(=O)C(C)(C)C)C2C2CCCCC2)cc1. The fourth-order valence-electron chi connectivity index (χ4n) is 4.58. The Morgan fingerprint density at radius 1 is 1.07 bits per heavy atom. The first-order valence-corrected chi connectivity index (χ1v) is 10.7. The van der Waals surface area contributed by atoms with Crippen molar-refractivity contribution in [1.82, 2.24) is 0 Å². The Balaban J connectivity index is 2.00. The van der Waals surface area contributed by atoms with Crippen LogP contribution >= 0.6 is 0 Å². The van der Waals surface area contributed by atoms with E-state index in [0.29, 0.717) is 11.3 Å². The van der Waals surface area contributed by atoms with Crippen LogP contribution in [0.4, 0.5) is 14.5 Å². The number of hydrogen-bond acceptors (Lipinski definition) is 3. The molecule has 1 aliphatic carbocycles. The number of nitrogens with zero attached hydrogens (tertiary/aromatic N) is 1. The molecule has 0 spiro atoms. The van der Waals surface area contributed by atoms with Crippen LogP contribution in [-0.4, -0.2) is 28.8 Å². The number of halogens is 2. The molecular weight excluding hydrogens is 388 g/mol. The number of rotatable bonds is 5. The first-order valence-electron chi connectivity index (χ1n) is 10.7. The number of alkyl halides is 2. The number of hydrogen-bond donors (Lipinski definition) is 1. The molecule has 1 N–H and O–H groups in total. The van der Waals surface area contributed by atoms with Gasteiger partial charge >= 0.3 is 0 Å². The third-order valence-corrected chi connectivity index (χ3v) is 6.00. The van der Waals surface area contributed by atoms with Gasteiger partial charge in [-0.25, -0.2) is 8.78 Å². The summed E-state index contributed by atoms with van der Waals surface area (Å²) in [4.78, 5) is 27.7. The molecule has 1 heterocycles. The zero-order valence-electron chi connectivity index (χ0n) is 18.2. The van der Waals surface area contributed by atoms with Crippen molar-refractivity contribution < 1.29 is 23.5 Å². The number of Topliss-reactive ketones (excluding diaryl/α,β-unsaturated/α-hetero) is 1. The fraction of sp³-hybridized carbons (Fsp3) is 0.583. The van der Waals surface area contributed by atoms with Crippen molar-refractivity contribution in [2.45, 2.75) is 78.2 Å². The van der Waals surface area contributed by atoms with E-state index in [1.807, 2.05) is 0 Å². The second-order valence-corrected chi connectivity index (χ2v) is 9.77. The van der Waals surface area contributed by atoms with Gasteiger partial charge in [-0.15, -0.1) is 0 Å². The maximum atomic E-state index is 13.3. The van der Waals surface area contributed by atoms with Crippen LogP contribution in [0.3, 0.4) is 0 Å². The smallest absolute Gasteiger partial charge is 0.294 e. The monoisotopic (exact) mass is 419 g/mol. The molecular formula is C24H31F2NO3. The zero-order valence-corrected chi connectivity index (χ0v) is 18.2. The highest BCUT2D eigenvalue weighted by atomic mass is 19.3. The molecule has 164 valence electrons. The Bertz CT molecular complexity index is 841. The van der Waals surface area contributed by atoms with E-state index in [4.69, 9.17) is 0 Å². The molecule has 0 aromatic heterocycles. The molecule has 0 radical (unpaired) electrons. The molecule has 6 heteroatoms. The first kappa shape index (κ1) is 22.4. The first-order chi connectivity index (χ1) is 13.9. The van der Waals surface area contributed by atoms with Gasteiger partial charge in [0.1, 0.15) is 0 Å². The van der Waals surface area contributed by atoms with Gasteiger partial charge in [0.15, 0.2) is 11.5 Å². The lowest BCUT2D eigenvalue weighted by Crippen LogP contribution is -2.44. The molecule has 0 bridgehead atoms. The molecule has 0 saturated heterocycles. The van der Waals surface area contributed by atoms with Crippen LogP contribution in [0.5, 0.6) is 0 Å². The highest BCUT2D eigenvalue weighted by Gasteiger charge is 2.48. The standard InChI is InChI=1S/C24H31F2NO3/c1-23(2,3)21(29)18-19(16-8-6-5-7-9-16)27(22(30)20(18)28)17-12-10-15(11-13-17)14-24(4,25)26/h10-13,16,19,28H,5-9,14H2,1-4H3. The van der Waals surface area contributed by atoms with Crippen LogP contribution in [-0.2, 0) is 16.0 Å². The quantitative estimate of drug-likeness (QED) is 0.675. The van der Waals surface area contributed by atoms with E-state index in [2.05, 4.69) is 0 Å².